The number of nitrogens with zero attached hydrogens (tertiary/aromatic N) is 1. The molecule has 2 fully saturated rings. The topological polar surface area (TPSA) is 75.7 Å². The Morgan fingerprint density at radius 3 is 2.30 bits per heavy atom. The highest BCUT2D eigenvalue weighted by atomic mass is 16.5. The molecule has 2 aromatic rings. The first kappa shape index (κ1) is 20.1. The number of carbonyl (C=O) groups is 3. The van der Waals surface area contributed by atoms with Gasteiger partial charge >= 0.3 is 5.97 Å². The van der Waals surface area contributed by atoms with Crippen LogP contribution in [-0.4, -0.2) is 41.4 Å². The molecule has 1 saturated heterocycles. The van der Waals surface area contributed by atoms with E-state index in [0.717, 1.165) is 24.0 Å². The van der Waals surface area contributed by atoms with E-state index in [2.05, 4.69) is 5.32 Å². The molecule has 0 radical (unpaired) electrons. The minimum absolute atomic E-state index is 0.0496. The highest BCUT2D eigenvalue weighted by Crippen LogP contribution is 2.38. The molecule has 156 valence electrons. The molecular weight excluding hydrogens is 380 g/mol. The van der Waals surface area contributed by atoms with Gasteiger partial charge in [0.2, 0.25) is 5.91 Å². The molecule has 2 aromatic carbocycles. The van der Waals surface area contributed by atoms with Crippen LogP contribution in [0.1, 0.15) is 36.8 Å². The summed E-state index contributed by atoms with van der Waals surface area (Å²) in [5.41, 5.74) is 1.85. The van der Waals surface area contributed by atoms with Gasteiger partial charge in [-0.2, -0.15) is 0 Å². The van der Waals surface area contributed by atoms with Crippen molar-refractivity contribution in [3.8, 4) is 0 Å². The lowest BCUT2D eigenvalue weighted by Crippen LogP contribution is -2.45. The van der Waals surface area contributed by atoms with E-state index in [4.69, 9.17) is 4.74 Å². The van der Waals surface area contributed by atoms with Gasteiger partial charge in [-0.3, -0.25) is 14.4 Å². The fourth-order valence-corrected chi connectivity index (χ4v) is 4.12. The van der Waals surface area contributed by atoms with E-state index in [0.29, 0.717) is 13.1 Å². The summed E-state index contributed by atoms with van der Waals surface area (Å²) < 4.78 is 5.49. The van der Waals surface area contributed by atoms with Crippen LogP contribution in [-0.2, 0) is 25.7 Å². The Bertz CT molecular complexity index is 911. The molecule has 2 amide bonds. The molecular formula is C24H26N2O4. The van der Waals surface area contributed by atoms with Crippen LogP contribution in [0.2, 0.25) is 0 Å². The van der Waals surface area contributed by atoms with Gasteiger partial charge < -0.3 is 15.0 Å². The van der Waals surface area contributed by atoms with Gasteiger partial charge in [0.15, 0.2) is 6.10 Å². The molecule has 4 rings (SSSR count). The average Bonchev–Trinajstić information content (AvgIpc) is 3.50. The minimum Gasteiger partial charge on any atom is -0.452 e. The molecule has 1 aliphatic heterocycles. The quantitative estimate of drug-likeness (QED) is 0.718. The SMILES string of the molecule is CC(=O)OC(C(=O)NC1CC1)C1CN(Cc2ccccc2)C(=O)[C@@H]1c1ccccc1. The maximum atomic E-state index is 13.4. The first-order chi connectivity index (χ1) is 14.5. The summed E-state index contributed by atoms with van der Waals surface area (Å²) in [4.78, 5) is 39.9. The van der Waals surface area contributed by atoms with Crippen molar-refractivity contribution in [3.05, 3.63) is 71.8 Å². The Morgan fingerprint density at radius 1 is 1.07 bits per heavy atom. The summed E-state index contributed by atoms with van der Waals surface area (Å²) in [6, 6.07) is 19.3. The average molecular weight is 406 g/mol. The normalized spacial score (nSPS) is 21.9. The zero-order valence-corrected chi connectivity index (χ0v) is 17.0. The summed E-state index contributed by atoms with van der Waals surface area (Å²) in [5, 5.41) is 2.94. The first-order valence-corrected chi connectivity index (χ1v) is 10.4. The number of amides is 2. The van der Waals surface area contributed by atoms with E-state index in [-0.39, 0.29) is 17.9 Å². The summed E-state index contributed by atoms with van der Waals surface area (Å²) in [5.74, 6) is -1.87. The first-order valence-electron chi connectivity index (χ1n) is 10.4. The second-order valence-electron chi connectivity index (χ2n) is 8.07. The van der Waals surface area contributed by atoms with E-state index < -0.39 is 23.9 Å². The molecule has 1 saturated carbocycles. The molecule has 30 heavy (non-hydrogen) atoms. The molecule has 0 bridgehead atoms. The molecule has 1 heterocycles. The van der Waals surface area contributed by atoms with Gasteiger partial charge in [0.05, 0.1) is 5.92 Å². The van der Waals surface area contributed by atoms with Crippen LogP contribution in [0.25, 0.3) is 0 Å². The van der Waals surface area contributed by atoms with Crippen molar-refractivity contribution in [2.45, 2.75) is 44.4 Å². The summed E-state index contributed by atoms with van der Waals surface area (Å²) in [6.07, 6.45) is 0.868. The van der Waals surface area contributed by atoms with Crippen molar-refractivity contribution in [1.29, 1.82) is 0 Å². The van der Waals surface area contributed by atoms with E-state index in [9.17, 15) is 14.4 Å². The Morgan fingerprint density at radius 2 is 1.70 bits per heavy atom. The van der Waals surface area contributed by atoms with E-state index in [1.165, 1.54) is 6.92 Å². The third-order valence-corrected chi connectivity index (χ3v) is 5.68. The maximum absolute atomic E-state index is 13.4. The Balaban J connectivity index is 1.64. The molecule has 2 unspecified atom stereocenters. The molecule has 6 nitrogen and oxygen atoms in total. The number of esters is 1. The zero-order chi connectivity index (χ0) is 21.1. The molecule has 1 N–H and O–H groups in total. The van der Waals surface area contributed by atoms with E-state index in [1.807, 2.05) is 60.7 Å². The fraction of sp³-hybridized carbons (Fsp3) is 0.375. The number of nitrogens with one attached hydrogen (secondary N) is 1. The zero-order valence-electron chi connectivity index (χ0n) is 17.0. The van der Waals surface area contributed by atoms with E-state index >= 15 is 0 Å². The van der Waals surface area contributed by atoms with Crippen molar-refractivity contribution in [2.24, 2.45) is 5.92 Å². The number of likely N-dealkylation sites (tertiary alicyclic amines) is 1. The molecule has 3 atom stereocenters. The van der Waals surface area contributed by atoms with Crippen LogP contribution in [0.15, 0.2) is 60.7 Å². The predicted molar refractivity (Wildman–Crippen MR) is 111 cm³/mol. The van der Waals surface area contributed by atoms with Crippen LogP contribution >= 0.6 is 0 Å². The van der Waals surface area contributed by atoms with E-state index in [1.54, 1.807) is 4.90 Å². The van der Waals surface area contributed by atoms with Crippen molar-refractivity contribution in [3.63, 3.8) is 0 Å². The van der Waals surface area contributed by atoms with Crippen LogP contribution in [0, 0.1) is 5.92 Å². The van der Waals surface area contributed by atoms with Gasteiger partial charge in [-0.1, -0.05) is 60.7 Å². The Kier molecular flexibility index (Phi) is 5.84. The largest absolute Gasteiger partial charge is 0.452 e. The fourth-order valence-electron chi connectivity index (χ4n) is 4.12. The lowest BCUT2D eigenvalue weighted by molar-refractivity contribution is -0.157. The maximum Gasteiger partial charge on any atom is 0.303 e. The lowest BCUT2D eigenvalue weighted by Gasteiger charge is -2.26. The van der Waals surface area contributed by atoms with Gasteiger partial charge in [0.1, 0.15) is 0 Å². The third-order valence-electron chi connectivity index (χ3n) is 5.68. The van der Waals surface area contributed by atoms with Crippen molar-refractivity contribution < 1.29 is 19.1 Å². The second kappa shape index (κ2) is 8.69. The van der Waals surface area contributed by atoms with Crippen molar-refractivity contribution in [1.82, 2.24) is 10.2 Å². The molecule has 2 aliphatic rings. The monoisotopic (exact) mass is 406 g/mol. The highest BCUT2D eigenvalue weighted by Gasteiger charge is 2.49. The highest BCUT2D eigenvalue weighted by molar-refractivity contribution is 5.90. The summed E-state index contributed by atoms with van der Waals surface area (Å²) in [6.45, 7) is 2.10. The van der Waals surface area contributed by atoms with Gasteiger partial charge in [0, 0.05) is 32.0 Å². The summed E-state index contributed by atoms with van der Waals surface area (Å²) in [7, 11) is 0. The molecule has 0 spiro atoms. The molecule has 6 heteroatoms. The number of hydrogen-bond acceptors (Lipinski definition) is 4. The Hall–Kier alpha value is -3.15. The second-order valence-corrected chi connectivity index (χ2v) is 8.07. The van der Waals surface area contributed by atoms with Gasteiger partial charge in [-0.15, -0.1) is 0 Å². The number of benzene rings is 2. The van der Waals surface area contributed by atoms with Crippen molar-refractivity contribution >= 4 is 17.8 Å². The Labute approximate surface area is 176 Å². The van der Waals surface area contributed by atoms with Crippen LogP contribution in [0.5, 0.6) is 0 Å². The van der Waals surface area contributed by atoms with Gasteiger partial charge in [-0.05, 0) is 24.0 Å². The predicted octanol–water partition coefficient (Wildman–Crippen LogP) is 2.64. The number of ether oxygens (including phenoxy) is 1. The third kappa shape index (κ3) is 4.53. The van der Waals surface area contributed by atoms with Gasteiger partial charge in [-0.25, -0.2) is 0 Å². The van der Waals surface area contributed by atoms with Crippen LogP contribution in [0.4, 0.5) is 0 Å². The molecule has 0 aromatic heterocycles. The number of hydrogen-bond donors (Lipinski definition) is 1. The lowest BCUT2D eigenvalue weighted by atomic mass is 9.84. The molecule has 1 aliphatic carbocycles. The standard InChI is InChI=1S/C24H26N2O4/c1-16(27)30-22(23(28)25-19-12-13-19)20-15-26(14-17-8-4-2-5-9-17)24(29)21(20)18-10-6-3-7-11-18/h2-11,19-22H,12-15H2,1H3,(H,25,28)/t20?,21-,22?/m1/s1. The van der Waals surface area contributed by atoms with Crippen molar-refractivity contribution in [2.75, 3.05) is 6.54 Å². The number of carbonyl (C=O) groups excluding carboxylic acids is 3. The smallest absolute Gasteiger partial charge is 0.303 e. The van der Waals surface area contributed by atoms with Crippen LogP contribution in [0.3, 0.4) is 0 Å². The minimum atomic E-state index is -1.00. The summed E-state index contributed by atoms with van der Waals surface area (Å²) >= 11 is 0. The number of rotatable bonds is 7. The van der Waals surface area contributed by atoms with Gasteiger partial charge in [0.25, 0.3) is 5.91 Å². The van der Waals surface area contributed by atoms with Crippen LogP contribution < -0.4 is 5.32 Å².